The van der Waals surface area contributed by atoms with Crippen LogP contribution in [0.25, 0.3) is 0 Å². The summed E-state index contributed by atoms with van der Waals surface area (Å²) in [7, 11) is 0. The lowest BCUT2D eigenvalue weighted by atomic mass is 9.93. The van der Waals surface area contributed by atoms with Gasteiger partial charge in [-0.05, 0) is 44.4 Å². The van der Waals surface area contributed by atoms with Crippen LogP contribution in [0.2, 0.25) is 0 Å². The van der Waals surface area contributed by atoms with Crippen LogP contribution in [0, 0.1) is 5.92 Å². The summed E-state index contributed by atoms with van der Waals surface area (Å²) in [6.45, 7) is 4.70. The highest BCUT2D eigenvalue weighted by Gasteiger charge is 2.20. The third kappa shape index (κ3) is 3.51. The fourth-order valence-electron chi connectivity index (χ4n) is 2.58. The van der Waals surface area contributed by atoms with Gasteiger partial charge in [0, 0.05) is 12.0 Å². The minimum Gasteiger partial charge on any atom is -0.493 e. The number of hydrogen-bond acceptors (Lipinski definition) is 4. The summed E-state index contributed by atoms with van der Waals surface area (Å²) in [5.74, 6) is 2.05. The molecular formula is C17H20N2O2. The van der Waals surface area contributed by atoms with Gasteiger partial charge in [-0.2, -0.15) is 5.10 Å². The van der Waals surface area contributed by atoms with Gasteiger partial charge in [-0.3, -0.25) is 0 Å². The van der Waals surface area contributed by atoms with Crippen LogP contribution in [0.15, 0.2) is 36.4 Å². The van der Waals surface area contributed by atoms with Gasteiger partial charge < -0.3 is 9.47 Å². The molecule has 0 bridgehead atoms. The molecule has 2 heterocycles. The molecule has 110 valence electrons. The number of ether oxygens (including phenoxy) is 2. The Morgan fingerprint density at radius 1 is 1.19 bits per heavy atom. The number of rotatable bonds is 4. The van der Waals surface area contributed by atoms with Crippen LogP contribution in [0.4, 0.5) is 0 Å². The smallest absolute Gasteiger partial charge is 0.233 e. The maximum Gasteiger partial charge on any atom is 0.233 e. The minimum atomic E-state index is 0.119. The summed E-state index contributed by atoms with van der Waals surface area (Å²) in [5, 5.41) is 8.37. The molecule has 4 heteroatoms. The molecule has 0 unspecified atom stereocenters. The number of aromatic nitrogens is 2. The van der Waals surface area contributed by atoms with E-state index in [9.17, 15) is 0 Å². The van der Waals surface area contributed by atoms with Crippen molar-refractivity contribution >= 4 is 0 Å². The molecule has 3 rings (SSSR count). The van der Waals surface area contributed by atoms with Gasteiger partial charge in [-0.25, -0.2) is 0 Å². The maximum atomic E-state index is 5.81. The van der Waals surface area contributed by atoms with Crippen molar-refractivity contribution in [2.75, 3.05) is 6.61 Å². The van der Waals surface area contributed by atoms with Crippen LogP contribution in [-0.2, 0) is 12.8 Å². The van der Waals surface area contributed by atoms with E-state index in [1.165, 1.54) is 5.56 Å². The number of para-hydroxylation sites is 1. The molecule has 0 fully saturated rings. The summed E-state index contributed by atoms with van der Waals surface area (Å²) in [6.07, 6.45) is 2.03. The molecule has 4 nitrogen and oxygen atoms in total. The highest BCUT2D eigenvalue weighted by atomic mass is 16.5. The predicted octanol–water partition coefficient (Wildman–Crippen LogP) is 3.06. The van der Waals surface area contributed by atoms with Crippen molar-refractivity contribution in [3.8, 4) is 11.6 Å². The van der Waals surface area contributed by atoms with Crippen LogP contribution in [-0.4, -0.2) is 22.9 Å². The standard InChI is InChI=1S/C17H20N2O2/c1-12(2)21-17-8-7-15(18-19-17)10-13-9-14-5-3-4-6-16(14)20-11-13/h3-8,12-13H,9-11H2,1-2H3/t13-/m0/s1. The molecule has 0 spiro atoms. The SMILES string of the molecule is CC(C)Oc1ccc(C[C@H]2COc3ccccc3C2)nn1. The van der Waals surface area contributed by atoms with E-state index in [0.717, 1.165) is 30.9 Å². The average Bonchev–Trinajstić information content (AvgIpc) is 2.49. The Labute approximate surface area is 125 Å². The first kappa shape index (κ1) is 13.9. The van der Waals surface area contributed by atoms with E-state index in [-0.39, 0.29) is 6.10 Å². The van der Waals surface area contributed by atoms with Crippen molar-refractivity contribution in [1.29, 1.82) is 0 Å². The molecule has 0 saturated carbocycles. The lowest BCUT2D eigenvalue weighted by Crippen LogP contribution is -2.23. The average molecular weight is 284 g/mol. The minimum absolute atomic E-state index is 0.119. The van der Waals surface area contributed by atoms with Gasteiger partial charge in [0.1, 0.15) is 5.75 Å². The summed E-state index contributed by atoms with van der Waals surface area (Å²) in [6, 6.07) is 12.1. The van der Waals surface area contributed by atoms with E-state index < -0.39 is 0 Å². The molecule has 1 aliphatic rings. The first-order valence-corrected chi connectivity index (χ1v) is 7.40. The van der Waals surface area contributed by atoms with E-state index in [0.29, 0.717) is 11.8 Å². The normalized spacial score (nSPS) is 17.2. The van der Waals surface area contributed by atoms with Crippen molar-refractivity contribution in [1.82, 2.24) is 10.2 Å². The van der Waals surface area contributed by atoms with Crippen LogP contribution in [0.5, 0.6) is 11.6 Å². The van der Waals surface area contributed by atoms with Crippen molar-refractivity contribution in [2.24, 2.45) is 5.92 Å². The predicted molar refractivity (Wildman–Crippen MR) is 80.6 cm³/mol. The molecule has 0 aliphatic carbocycles. The van der Waals surface area contributed by atoms with E-state index >= 15 is 0 Å². The first-order valence-electron chi connectivity index (χ1n) is 7.40. The van der Waals surface area contributed by atoms with Gasteiger partial charge in [0.25, 0.3) is 0 Å². The lowest BCUT2D eigenvalue weighted by molar-refractivity contribution is 0.218. The molecule has 1 aliphatic heterocycles. The fraction of sp³-hybridized carbons (Fsp3) is 0.412. The summed E-state index contributed by atoms with van der Waals surface area (Å²) < 4.78 is 11.3. The molecule has 0 N–H and O–H groups in total. The highest BCUT2D eigenvalue weighted by Crippen LogP contribution is 2.28. The molecule has 1 aromatic heterocycles. The zero-order valence-corrected chi connectivity index (χ0v) is 12.5. The summed E-state index contributed by atoms with van der Waals surface area (Å²) in [5.41, 5.74) is 2.26. The Morgan fingerprint density at radius 3 is 2.81 bits per heavy atom. The maximum absolute atomic E-state index is 5.81. The van der Waals surface area contributed by atoms with Gasteiger partial charge in [0.05, 0.1) is 18.4 Å². The van der Waals surface area contributed by atoms with Crippen molar-refractivity contribution in [2.45, 2.75) is 32.8 Å². The second kappa shape index (κ2) is 6.12. The van der Waals surface area contributed by atoms with E-state index in [1.54, 1.807) is 0 Å². The topological polar surface area (TPSA) is 44.2 Å². The first-order chi connectivity index (χ1) is 10.2. The Morgan fingerprint density at radius 2 is 2.05 bits per heavy atom. The van der Waals surface area contributed by atoms with Crippen LogP contribution in [0.1, 0.15) is 25.1 Å². The third-order valence-electron chi connectivity index (χ3n) is 3.51. The highest BCUT2D eigenvalue weighted by molar-refractivity contribution is 5.35. The molecule has 0 saturated heterocycles. The Bertz CT molecular complexity index is 596. The number of benzene rings is 1. The zero-order valence-electron chi connectivity index (χ0n) is 12.5. The Kier molecular flexibility index (Phi) is 4.04. The van der Waals surface area contributed by atoms with Gasteiger partial charge in [0.15, 0.2) is 0 Å². The van der Waals surface area contributed by atoms with Crippen LogP contribution < -0.4 is 9.47 Å². The fourth-order valence-corrected chi connectivity index (χ4v) is 2.58. The molecule has 21 heavy (non-hydrogen) atoms. The second-order valence-electron chi connectivity index (χ2n) is 5.72. The monoisotopic (exact) mass is 284 g/mol. The van der Waals surface area contributed by atoms with E-state index in [4.69, 9.17) is 9.47 Å². The van der Waals surface area contributed by atoms with Gasteiger partial charge in [-0.15, -0.1) is 5.10 Å². The number of hydrogen-bond donors (Lipinski definition) is 0. The van der Waals surface area contributed by atoms with Gasteiger partial charge in [0.2, 0.25) is 5.88 Å². The van der Waals surface area contributed by atoms with E-state index in [2.05, 4.69) is 22.3 Å². The van der Waals surface area contributed by atoms with Crippen LogP contribution in [0.3, 0.4) is 0 Å². The van der Waals surface area contributed by atoms with Gasteiger partial charge >= 0.3 is 0 Å². The van der Waals surface area contributed by atoms with E-state index in [1.807, 2.05) is 38.1 Å². The molecule has 2 aromatic rings. The van der Waals surface area contributed by atoms with Crippen molar-refractivity contribution in [3.63, 3.8) is 0 Å². The molecule has 0 amide bonds. The summed E-state index contributed by atoms with van der Waals surface area (Å²) in [4.78, 5) is 0. The molecule has 1 atom stereocenters. The van der Waals surface area contributed by atoms with Crippen molar-refractivity contribution < 1.29 is 9.47 Å². The van der Waals surface area contributed by atoms with Crippen molar-refractivity contribution in [3.05, 3.63) is 47.7 Å². The van der Waals surface area contributed by atoms with Gasteiger partial charge in [-0.1, -0.05) is 18.2 Å². The Hall–Kier alpha value is -2.10. The Balaban J connectivity index is 1.62. The largest absolute Gasteiger partial charge is 0.493 e. The number of fused-ring (bicyclic) bond motifs is 1. The molecule has 1 aromatic carbocycles. The second-order valence-corrected chi connectivity index (χ2v) is 5.72. The lowest BCUT2D eigenvalue weighted by Gasteiger charge is -2.24. The molecular weight excluding hydrogens is 264 g/mol. The molecule has 0 radical (unpaired) electrons. The third-order valence-corrected chi connectivity index (χ3v) is 3.51. The quantitative estimate of drug-likeness (QED) is 0.865. The van der Waals surface area contributed by atoms with Crippen LogP contribution >= 0.6 is 0 Å². The summed E-state index contributed by atoms with van der Waals surface area (Å²) >= 11 is 0. The number of nitrogens with zero attached hydrogens (tertiary/aromatic N) is 2. The zero-order chi connectivity index (χ0) is 14.7.